The van der Waals surface area contributed by atoms with Crippen molar-refractivity contribution in [1.82, 2.24) is 0 Å². The van der Waals surface area contributed by atoms with Crippen LogP contribution in [0, 0.1) is 0 Å². The summed E-state index contributed by atoms with van der Waals surface area (Å²) in [6, 6.07) is 0. The van der Waals surface area contributed by atoms with Gasteiger partial charge in [-0.3, -0.25) is 9.59 Å². The zero-order valence-electron chi connectivity index (χ0n) is 10.3. The van der Waals surface area contributed by atoms with Gasteiger partial charge in [-0.25, -0.2) is 0 Å². The number of hydrogen-bond donors (Lipinski definition) is 0. The van der Waals surface area contributed by atoms with E-state index < -0.39 is 36.9 Å². The van der Waals surface area contributed by atoms with Gasteiger partial charge in [-0.15, -0.1) is 0 Å². The second-order valence-corrected chi connectivity index (χ2v) is 2.68. The number of carbonyl (C=O) groups excluding carboxylic acids is 2. The largest absolute Gasteiger partial charge is 0.422 e. The number of ether oxygens (including phenoxy) is 2. The minimum Gasteiger partial charge on any atom is -0.422 e. The maximum atomic E-state index is 11.1. The van der Waals surface area contributed by atoms with Gasteiger partial charge in [0.05, 0.1) is 0 Å². The molecule has 0 unspecified atom stereocenters. The summed E-state index contributed by atoms with van der Waals surface area (Å²) in [4.78, 5) is 22.2. The van der Waals surface area contributed by atoms with E-state index in [1.807, 2.05) is 0 Å². The van der Waals surface area contributed by atoms with Crippen LogP contribution in [0.3, 0.4) is 0 Å². The fraction of sp³-hybridized carbons (Fsp3) is 0.750. The van der Waals surface area contributed by atoms with Gasteiger partial charge in [0.15, 0.2) is 0 Å². The predicted octanol–water partition coefficient (Wildman–Crippen LogP) is 0.747. The first-order chi connectivity index (χ1) is 7.20. The Bertz CT molecular complexity index is 349. The molecular weight excluding hydrogens is 160 g/mol. The lowest BCUT2D eigenvalue weighted by Crippen LogP contribution is -2.42. The molecule has 0 atom stereocenters. The van der Waals surface area contributed by atoms with E-state index in [-0.39, 0.29) is 12.8 Å². The Hall–Kier alpha value is -1.06. The molecule has 66 valence electrons. The first-order valence-corrected chi connectivity index (χ1v) is 3.64. The summed E-state index contributed by atoms with van der Waals surface area (Å²) in [7, 11) is 0. The van der Waals surface area contributed by atoms with Crippen LogP contribution < -0.4 is 0 Å². The maximum absolute atomic E-state index is 11.1. The fourth-order valence-electron chi connectivity index (χ4n) is 1.22. The second kappa shape index (κ2) is 2.47. The van der Waals surface area contributed by atoms with Gasteiger partial charge >= 0.3 is 11.9 Å². The summed E-state index contributed by atoms with van der Waals surface area (Å²) in [5.74, 6) is -3.85. The zero-order valence-corrected chi connectivity index (χ0v) is 6.25. The molecule has 1 heterocycles. The first-order valence-electron chi connectivity index (χ1n) is 5.64. The second-order valence-electron chi connectivity index (χ2n) is 2.68. The molecule has 1 spiro atoms. The SMILES string of the molecule is [2H]C1([2H])CCC2(OC(=O)CC(=O)O2)C1([2H])[2H]. The van der Waals surface area contributed by atoms with Crippen molar-refractivity contribution in [3.63, 3.8) is 0 Å². The quantitative estimate of drug-likeness (QED) is 0.401. The molecule has 0 aromatic rings. The van der Waals surface area contributed by atoms with Crippen molar-refractivity contribution < 1.29 is 24.5 Å². The highest BCUT2D eigenvalue weighted by Crippen LogP contribution is 2.36. The Morgan fingerprint density at radius 2 is 2.00 bits per heavy atom. The van der Waals surface area contributed by atoms with Crippen LogP contribution in [0.15, 0.2) is 0 Å². The van der Waals surface area contributed by atoms with Crippen LogP contribution in [0.5, 0.6) is 0 Å². The Morgan fingerprint density at radius 3 is 2.50 bits per heavy atom. The number of hydrogen-bond acceptors (Lipinski definition) is 4. The van der Waals surface area contributed by atoms with E-state index in [4.69, 9.17) is 15.0 Å². The van der Waals surface area contributed by atoms with Gasteiger partial charge in [-0.05, 0) is 12.8 Å². The van der Waals surface area contributed by atoms with Crippen molar-refractivity contribution in [2.75, 3.05) is 0 Å². The van der Waals surface area contributed by atoms with Crippen LogP contribution in [0.25, 0.3) is 0 Å². The van der Waals surface area contributed by atoms with Crippen LogP contribution in [0.1, 0.15) is 37.5 Å². The van der Waals surface area contributed by atoms with Gasteiger partial charge in [0, 0.05) is 18.3 Å². The summed E-state index contributed by atoms with van der Waals surface area (Å²) in [6.07, 6.45) is -5.61. The molecule has 2 fully saturated rings. The molecule has 0 radical (unpaired) electrons. The standard InChI is InChI=1S/C8H10O4/c9-6-5-7(10)12-8(11-6)3-1-2-4-8/h1-5H2/i1D2,3D2. The smallest absolute Gasteiger partial charge is 0.320 e. The lowest BCUT2D eigenvalue weighted by Gasteiger charge is -2.31. The summed E-state index contributed by atoms with van der Waals surface area (Å²) in [6.45, 7) is 0. The van der Waals surface area contributed by atoms with Crippen LogP contribution in [-0.2, 0) is 19.1 Å². The lowest BCUT2D eigenvalue weighted by atomic mass is 10.2. The van der Waals surface area contributed by atoms with Gasteiger partial charge < -0.3 is 9.47 Å². The maximum Gasteiger partial charge on any atom is 0.320 e. The van der Waals surface area contributed by atoms with E-state index in [1.165, 1.54) is 0 Å². The first kappa shape index (κ1) is 4.25. The third-order valence-electron chi connectivity index (χ3n) is 1.70. The lowest BCUT2D eigenvalue weighted by molar-refractivity contribution is -0.241. The van der Waals surface area contributed by atoms with E-state index in [9.17, 15) is 9.59 Å². The molecule has 0 aromatic carbocycles. The summed E-state index contributed by atoms with van der Waals surface area (Å²) in [5, 5.41) is 0. The highest BCUT2D eigenvalue weighted by Gasteiger charge is 2.45. The Kier molecular flexibility index (Phi) is 0.875. The van der Waals surface area contributed by atoms with Crippen molar-refractivity contribution >= 4 is 11.9 Å². The molecule has 2 aliphatic rings. The molecule has 1 saturated carbocycles. The average Bonchev–Trinajstić information content (AvgIpc) is 2.26. The molecule has 4 nitrogen and oxygen atoms in total. The molecular formula is C8H10O4. The van der Waals surface area contributed by atoms with Crippen molar-refractivity contribution in [3.8, 4) is 0 Å². The van der Waals surface area contributed by atoms with E-state index in [0.717, 1.165) is 0 Å². The van der Waals surface area contributed by atoms with E-state index in [0.29, 0.717) is 0 Å². The zero-order chi connectivity index (χ0) is 12.2. The predicted molar refractivity (Wildman–Crippen MR) is 38.0 cm³/mol. The Morgan fingerprint density at radius 1 is 1.33 bits per heavy atom. The number of esters is 2. The highest BCUT2D eigenvalue weighted by molar-refractivity contribution is 5.93. The molecule has 1 saturated heterocycles. The Balaban J connectivity index is 2.39. The van der Waals surface area contributed by atoms with E-state index in [2.05, 4.69) is 0 Å². The molecule has 2 rings (SSSR count). The number of rotatable bonds is 0. The Labute approximate surface area is 75.5 Å². The molecule has 1 aliphatic carbocycles. The third kappa shape index (κ3) is 1.17. The summed E-state index contributed by atoms with van der Waals surface area (Å²) >= 11 is 0. The number of carbonyl (C=O) groups is 2. The molecule has 0 amide bonds. The van der Waals surface area contributed by atoms with Crippen LogP contribution in [0.2, 0.25) is 0 Å². The molecule has 0 N–H and O–H groups in total. The normalized spacial score (nSPS) is 40.3. The topological polar surface area (TPSA) is 52.6 Å². The van der Waals surface area contributed by atoms with Gasteiger partial charge in [-0.2, -0.15) is 0 Å². The van der Waals surface area contributed by atoms with Crippen molar-refractivity contribution in [2.45, 2.75) is 37.8 Å². The van der Waals surface area contributed by atoms with Crippen molar-refractivity contribution in [1.29, 1.82) is 0 Å². The van der Waals surface area contributed by atoms with Crippen molar-refractivity contribution in [2.24, 2.45) is 0 Å². The van der Waals surface area contributed by atoms with Crippen LogP contribution >= 0.6 is 0 Å². The van der Waals surface area contributed by atoms with Gasteiger partial charge in [0.2, 0.25) is 0 Å². The fourth-order valence-corrected chi connectivity index (χ4v) is 1.22. The van der Waals surface area contributed by atoms with Crippen LogP contribution in [0.4, 0.5) is 0 Å². The molecule has 12 heavy (non-hydrogen) atoms. The molecule has 1 aliphatic heterocycles. The van der Waals surface area contributed by atoms with Gasteiger partial charge in [0.1, 0.15) is 6.42 Å². The highest BCUT2D eigenvalue weighted by atomic mass is 16.7. The minimum atomic E-state index is -2.54. The minimum absolute atomic E-state index is 0.162. The molecule has 0 bridgehead atoms. The average molecular weight is 174 g/mol. The van der Waals surface area contributed by atoms with Gasteiger partial charge in [0.25, 0.3) is 5.79 Å². The molecule has 4 heteroatoms. The van der Waals surface area contributed by atoms with Crippen molar-refractivity contribution in [3.05, 3.63) is 0 Å². The third-order valence-corrected chi connectivity index (χ3v) is 1.70. The summed E-state index contributed by atoms with van der Waals surface area (Å²) in [5.41, 5.74) is 0. The summed E-state index contributed by atoms with van der Waals surface area (Å²) < 4.78 is 39.8. The monoisotopic (exact) mass is 174 g/mol. The van der Waals surface area contributed by atoms with E-state index in [1.54, 1.807) is 0 Å². The molecule has 0 aromatic heterocycles. The van der Waals surface area contributed by atoms with E-state index >= 15 is 0 Å². The van der Waals surface area contributed by atoms with Gasteiger partial charge in [-0.1, -0.05) is 0 Å². The van der Waals surface area contributed by atoms with Crippen LogP contribution in [-0.4, -0.2) is 17.7 Å².